The van der Waals surface area contributed by atoms with Crippen LogP contribution in [-0.2, 0) is 22.6 Å². The number of aromatic nitrogens is 1. The summed E-state index contributed by atoms with van der Waals surface area (Å²) in [7, 11) is 0. The minimum absolute atomic E-state index is 0.135. The first-order valence-electron chi connectivity index (χ1n) is 9.17. The Balaban J connectivity index is 1.40. The topological polar surface area (TPSA) is 34.6 Å². The lowest BCUT2D eigenvalue weighted by Gasteiger charge is -2.50. The van der Waals surface area contributed by atoms with Crippen LogP contribution in [0.3, 0.4) is 0 Å². The molecule has 4 rings (SSSR count). The molecule has 25 heavy (non-hydrogen) atoms. The third-order valence-corrected chi connectivity index (χ3v) is 6.27. The second kappa shape index (κ2) is 7.96. The lowest BCUT2D eigenvalue weighted by molar-refractivity contribution is -0.155. The van der Waals surface area contributed by atoms with Gasteiger partial charge in [0.05, 0.1) is 19.3 Å². The van der Waals surface area contributed by atoms with Crippen molar-refractivity contribution >= 4 is 11.3 Å². The molecule has 0 amide bonds. The highest BCUT2D eigenvalue weighted by molar-refractivity contribution is 7.09. The number of likely N-dealkylation sites (tertiary alicyclic amines) is 1. The van der Waals surface area contributed by atoms with Crippen molar-refractivity contribution in [1.29, 1.82) is 0 Å². The van der Waals surface area contributed by atoms with E-state index in [2.05, 4.69) is 33.5 Å². The largest absolute Gasteiger partial charge is 0.377 e. The molecular weight excluding hydrogens is 332 g/mol. The van der Waals surface area contributed by atoms with E-state index in [0.29, 0.717) is 12.7 Å². The standard InChI is InChI=1S/C20H26N2O2S/c1-4-17(12-21-8-1)14-23-16-20-7-3-10-24-19(20)6-9-22(15-20)13-18-5-2-11-25-18/h1-2,4-5,8,11-12,19H,3,6-7,9-10,13-16H2/t19-,20-/m0/s1. The smallest absolute Gasteiger partial charge is 0.0732 e. The highest BCUT2D eigenvalue weighted by atomic mass is 32.1. The minimum Gasteiger partial charge on any atom is -0.377 e. The molecule has 0 radical (unpaired) electrons. The highest BCUT2D eigenvalue weighted by Gasteiger charge is 2.46. The average molecular weight is 359 g/mol. The second-order valence-electron chi connectivity index (χ2n) is 7.26. The molecule has 0 spiro atoms. The van der Waals surface area contributed by atoms with Gasteiger partial charge < -0.3 is 9.47 Å². The summed E-state index contributed by atoms with van der Waals surface area (Å²) < 4.78 is 12.3. The van der Waals surface area contributed by atoms with Crippen molar-refractivity contribution in [3.8, 4) is 0 Å². The minimum atomic E-state index is 0.135. The van der Waals surface area contributed by atoms with Crippen LogP contribution >= 0.6 is 11.3 Å². The van der Waals surface area contributed by atoms with Crippen LogP contribution in [0.15, 0.2) is 42.0 Å². The van der Waals surface area contributed by atoms with E-state index in [9.17, 15) is 0 Å². The van der Waals surface area contributed by atoms with Gasteiger partial charge in [0.1, 0.15) is 0 Å². The van der Waals surface area contributed by atoms with E-state index < -0.39 is 0 Å². The van der Waals surface area contributed by atoms with Crippen molar-refractivity contribution in [3.63, 3.8) is 0 Å². The number of fused-ring (bicyclic) bond motifs is 1. The molecule has 0 bridgehead atoms. The van der Waals surface area contributed by atoms with Crippen LogP contribution in [0.5, 0.6) is 0 Å². The average Bonchev–Trinajstić information content (AvgIpc) is 3.15. The Hall–Kier alpha value is -1.27. The molecule has 2 aromatic heterocycles. The maximum absolute atomic E-state index is 6.16. The molecule has 2 aliphatic heterocycles. The summed E-state index contributed by atoms with van der Waals surface area (Å²) in [6.07, 6.45) is 7.48. The quantitative estimate of drug-likeness (QED) is 0.788. The van der Waals surface area contributed by atoms with Crippen molar-refractivity contribution in [2.24, 2.45) is 5.41 Å². The molecular formula is C20H26N2O2S. The van der Waals surface area contributed by atoms with Gasteiger partial charge in [-0.1, -0.05) is 12.1 Å². The maximum atomic E-state index is 6.16. The normalized spacial score (nSPS) is 27.1. The number of hydrogen-bond acceptors (Lipinski definition) is 5. The van der Waals surface area contributed by atoms with Gasteiger partial charge in [-0.15, -0.1) is 11.3 Å². The fourth-order valence-electron chi connectivity index (χ4n) is 4.21. The third kappa shape index (κ3) is 4.11. The van der Waals surface area contributed by atoms with Crippen molar-refractivity contribution < 1.29 is 9.47 Å². The Kier molecular flexibility index (Phi) is 5.46. The van der Waals surface area contributed by atoms with Gasteiger partial charge in [0.15, 0.2) is 0 Å². The number of ether oxygens (including phenoxy) is 2. The van der Waals surface area contributed by atoms with Crippen LogP contribution in [0.1, 0.15) is 29.7 Å². The van der Waals surface area contributed by atoms with Crippen LogP contribution in [0, 0.1) is 5.41 Å². The van der Waals surface area contributed by atoms with Crippen LogP contribution in [0.4, 0.5) is 0 Å². The van der Waals surface area contributed by atoms with E-state index >= 15 is 0 Å². The molecule has 2 aromatic rings. The van der Waals surface area contributed by atoms with Gasteiger partial charge in [-0.05, 0) is 42.3 Å². The van der Waals surface area contributed by atoms with Gasteiger partial charge in [-0.3, -0.25) is 9.88 Å². The zero-order valence-electron chi connectivity index (χ0n) is 14.6. The number of pyridine rings is 1. The lowest BCUT2D eigenvalue weighted by Crippen LogP contribution is -2.56. The van der Waals surface area contributed by atoms with Gasteiger partial charge >= 0.3 is 0 Å². The number of nitrogens with zero attached hydrogens (tertiary/aromatic N) is 2. The molecule has 2 fully saturated rings. The number of piperidine rings is 1. The molecule has 134 valence electrons. The second-order valence-corrected chi connectivity index (χ2v) is 8.29. The van der Waals surface area contributed by atoms with Gasteiger partial charge in [-0.25, -0.2) is 0 Å². The summed E-state index contributed by atoms with van der Waals surface area (Å²) in [4.78, 5) is 8.21. The van der Waals surface area contributed by atoms with E-state index in [-0.39, 0.29) is 5.41 Å². The van der Waals surface area contributed by atoms with Crippen LogP contribution in [0.25, 0.3) is 0 Å². The number of hydrogen-bond donors (Lipinski definition) is 0. The third-order valence-electron chi connectivity index (χ3n) is 5.41. The summed E-state index contributed by atoms with van der Waals surface area (Å²) in [5.41, 5.74) is 1.27. The molecule has 0 N–H and O–H groups in total. The summed E-state index contributed by atoms with van der Waals surface area (Å²) in [6, 6.07) is 8.42. The SMILES string of the molecule is c1cncc(COC[C@@]23CCCO[C@H]2CCN(Cc2cccs2)C3)c1. The monoisotopic (exact) mass is 358 g/mol. The fraction of sp³-hybridized carbons (Fsp3) is 0.550. The highest BCUT2D eigenvalue weighted by Crippen LogP contribution is 2.41. The molecule has 4 nitrogen and oxygen atoms in total. The van der Waals surface area contributed by atoms with Gasteiger partial charge in [0.25, 0.3) is 0 Å². The van der Waals surface area contributed by atoms with E-state index in [0.717, 1.165) is 51.3 Å². The van der Waals surface area contributed by atoms with Crippen LogP contribution in [0.2, 0.25) is 0 Å². The Morgan fingerprint density at radius 1 is 1.36 bits per heavy atom. The Morgan fingerprint density at radius 2 is 2.36 bits per heavy atom. The molecule has 2 aliphatic rings. The summed E-state index contributed by atoms with van der Waals surface area (Å²) in [5, 5.41) is 2.17. The molecule has 0 aromatic carbocycles. The molecule has 2 atom stereocenters. The van der Waals surface area contributed by atoms with E-state index in [1.807, 2.05) is 23.6 Å². The van der Waals surface area contributed by atoms with Gasteiger partial charge in [-0.2, -0.15) is 0 Å². The molecule has 0 aliphatic carbocycles. The lowest BCUT2D eigenvalue weighted by atomic mass is 9.73. The molecule has 5 heteroatoms. The van der Waals surface area contributed by atoms with Crippen molar-refractivity contribution in [3.05, 3.63) is 52.5 Å². The predicted molar refractivity (Wildman–Crippen MR) is 99.5 cm³/mol. The molecule has 2 saturated heterocycles. The molecule has 4 heterocycles. The van der Waals surface area contributed by atoms with Crippen molar-refractivity contribution in [2.75, 3.05) is 26.3 Å². The Morgan fingerprint density at radius 3 is 3.20 bits per heavy atom. The maximum Gasteiger partial charge on any atom is 0.0732 e. The Labute approximate surface area is 153 Å². The van der Waals surface area contributed by atoms with Gasteiger partial charge in [0.2, 0.25) is 0 Å². The first kappa shape index (κ1) is 17.2. The summed E-state index contributed by atoms with van der Waals surface area (Å²) in [5.74, 6) is 0. The number of rotatable bonds is 6. The number of thiophene rings is 1. The first-order chi connectivity index (χ1) is 12.3. The zero-order chi connectivity index (χ0) is 17.0. The Bertz CT molecular complexity index is 649. The molecule has 0 unspecified atom stereocenters. The van der Waals surface area contributed by atoms with Crippen molar-refractivity contribution in [1.82, 2.24) is 9.88 Å². The summed E-state index contributed by atoms with van der Waals surface area (Å²) >= 11 is 1.85. The van der Waals surface area contributed by atoms with Crippen molar-refractivity contribution in [2.45, 2.75) is 38.5 Å². The van der Waals surface area contributed by atoms with Gasteiger partial charge in [0, 0.05) is 48.9 Å². The predicted octanol–water partition coefficient (Wildman–Crippen LogP) is 3.73. The zero-order valence-corrected chi connectivity index (χ0v) is 15.4. The van der Waals surface area contributed by atoms with E-state index in [4.69, 9.17) is 9.47 Å². The fourth-order valence-corrected chi connectivity index (χ4v) is 4.95. The summed E-state index contributed by atoms with van der Waals surface area (Å²) in [6.45, 7) is 5.55. The molecule has 0 saturated carbocycles. The van der Waals surface area contributed by atoms with Crippen LogP contribution < -0.4 is 0 Å². The first-order valence-corrected chi connectivity index (χ1v) is 10.1. The van der Waals surface area contributed by atoms with E-state index in [1.165, 1.54) is 11.3 Å². The van der Waals surface area contributed by atoms with Crippen LogP contribution in [-0.4, -0.2) is 42.3 Å². The van der Waals surface area contributed by atoms with E-state index in [1.54, 1.807) is 6.20 Å².